The lowest BCUT2D eigenvalue weighted by Gasteiger charge is -2.32. The van der Waals surface area contributed by atoms with E-state index in [-0.39, 0.29) is 0 Å². The lowest BCUT2D eigenvalue weighted by molar-refractivity contribution is -0.893. The maximum absolute atomic E-state index is 2.45. The van der Waals surface area contributed by atoms with Crippen molar-refractivity contribution in [1.82, 2.24) is 0 Å². The van der Waals surface area contributed by atoms with E-state index in [0.29, 0.717) is 0 Å². The van der Waals surface area contributed by atoms with Gasteiger partial charge in [-0.2, -0.15) is 0 Å². The molecule has 0 aliphatic carbocycles. The van der Waals surface area contributed by atoms with Crippen molar-refractivity contribution in [1.29, 1.82) is 0 Å². The smallest absolute Gasteiger partial charge is 0.0808 e. The highest BCUT2D eigenvalue weighted by Crippen LogP contribution is 2.16. The van der Waals surface area contributed by atoms with Crippen molar-refractivity contribution in [2.75, 3.05) is 27.2 Å². The second-order valence-corrected chi connectivity index (χ2v) is 9.69. The van der Waals surface area contributed by atoms with Crippen molar-refractivity contribution in [2.24, 2.45) is 5.92 Å². The van der Waals surface area contributed by atoms with Crippen LogP contribution in [0.25, 0.3) is 0 Å². The molecule has 0 aromatic rings. The van der Waals surface area contributed by atoms with Crippen molar-refractivity contribution in [2.45, 2.75) is 130 Å². The first kappa shape index (κ1) is 26.0. The first-order chi connectivity index (χ1) is 12.5. The van der Waals surface area contributed by atoms with Crippen molar-refractivity contribution >= 4 is 0 Å². The maximum Gasteiger partial charge on any atom is 0.0808 e. The second kappa shape index (κ2) is 18.3. The summed E-state index contributed by atoms with van der Waals surface area (Å²) < 4.78 is 1.23. The van der Waals surface area contributed by atoms with Crippen LogP contribution in [0, 0.1) is 5.92 Å². The van der Waals surface area contributed by atoms with Crippen molar-refractivity contribution in [3.05, 3.63) is 0 Å². The van der Waals surface area contributed by atoms with E-state index in [4.69, 9.17) is 0 Å². The third-order valence-electron chi connectivity index (χ3n) is 5.97. The van der Waals surface area contributed by atoms with Crippen LogP contribution in [0.3, 0.4) is 0 Å². The third kappa shape index (κ3) is 18.7. The van der Waals surface area contributed by atoms with Gasteiger partial charge < -0.3 is 4.48 Å². The van der Waals surface area contributed by atoms with Crippen LogP contribution in [0.2, 0.25) is 0 Å². The molecule has 1 atom stereocenters. The van der Waals surface area contributed by atoms with Crippen molar-refractivity contribution in [3.63, 3.8) is 0 Å². The van der Waals surface area contributed by atoms with Crippen LogP contribution in [0.15, 0.2) is 0 Å². The van der Waals surface area contributed by atoms with Crippen LogP contribution >= 0.6 is 0 Å². The predicted molar refractivity (Wildman–Crippen MR) is 121 cm³/mol. The molecule has 158 valence electrons. The quantitative estimate of drug-likeness (QED) is 0.149. The Morgan fingerprint density at radius 3 is 1.35 bits per heavy atom. The SMILES string of the molecule is CCCCCCCCCCCCCCCC[N+](C)(C)CC(C)CCCC. The van der Waals surface area contributed by atoms with Crippen molar-refractivity contribution in [3.8, 4) is 0 Å². The minimum absolute atomic E-state index is 0.886. The van der Waals surface area contributed by atoms with Gasteiger partial charge in [-0.1, -0.05) is 111 Å². The number of quaternary nitrogens is 1. The molecule has 0 fully saturated rings. The number of nitrogens with zero attached hydrogens (tertiary/aromatic N) is 1. The molecule has 0 aromatic heterocycles. The minimum atomic E-state index is 0.886. The van der Waals surface area contributed by atoms with Gasteiger partial charge in [0.05, 0.1) is 27.2 Å². The molecule has 0 bridgehead atoms. The monoisotopic (exact) mass is 368 g/mol. The number of rotatable bonds is 20. The van der Waals surface area contributed by atoms with Gasteiger partial charge in [-0.3, -0.25) is 0 Å². The summed E-state index contributed by atoms with van der Waals surface area (Å²) >= 11 is 0. The summed E-state index contributed by atoms with van der Waals surface area (Å²) in [6.45, 7) is 9.78. The Bertz CT molecular complexity index is 271. The Balaban J connectivity index is 3.34. The van der Waals surface area contributed by atoms with Gasteiger partial charge in [0.2, 0.25) is 0 Å². The van der Waals surface area contributed by atoms with Gasteiger partial charge in [-0.25, -0.2) is 0 Å². The van der Waals surface area contributed by atoms with E-state index in [1.807, 2.05) is 0 Å². The zero-order chi connectivity index (χ0) is 19.5. The molecule has 26 heavy (non-hydrogen) atoms. The molecule has 0 aromatic carbocycles. The summed E-state index contributed by atoms with van der Waals surface area (Å²) in [4.78, 5) is 0. The van der Waals surface area contributed by atoms with Crippen LogP contribution in [0.5, 0.6) is 0 Å². The van der Waals surface area contributed by atoms with Crippen LogP contribution in [0.1, 0.15) is 130 Å². The summed E-state index contributed by atoms with van der Waals surface area (Å²) in [6, 6.07) is 0. The molecule has 0 N–H and O–H groups in total. The minimum Gasteiger partial charge on any atom is -0.328 e. The molecule has 1 nitrogen and oxygen atoms in total. The second-order valence-electron chi connectivity index (χ2n) is 9.69. The number of hydrogen-bond donors (Lipinski definition) is 0. The van der Waals surface area contributed by atoms with E-state index in [1.165, 1.54) is 127 Å². The van der Waals surface area contributed by atoms with Crippen molar-refractivity contribution < 1.29 is 4.48 Å². The Kier molecular flexibility index (Phi) is 18.3. The average molecular weight is 369 g/mol. The highest BCUT2D eigenvalue weighted by molar-refractivity contribution is 4.53. The van der Waals surface area contributed by atoms with Gasteiger partial charge in [0.15, 0.2) is 0 Å². The van der Waals surface area contributed by atoms with Crippen LogP contribution < -0.4 is 0 Å². The molecule has 0 aliphatic rings. The average Bonchev–Trinajstić information content (AvgIpc) is 2.59. The Morgan fingerprint density at radius 1 is 0.538 bits per heavy atom. The fourth-order valence-electron chi connectivity index (χ4n) is 4.31. The van der Waals surface area contributed by atoms with Gasteiger partial charge in [0.1, 0.15) is 0 Å². The number of unbranched alkanes of at least 4 members (excludes halogenated alkanes) is 14. The highest BCUT2D eigenvalue weighted by Gasteiger charge is 2.18. The molecule has 0 heterocycles. The lowest BCUT2D eigenvalue weighted by atomic mass is 10.0. The topological polar surface area (TPSA) is 0 Å². The fourth-order valence-corrected chi connectivity index (χ4v) is 4.31. The van der Waals surface area contributed by atoms with Gasteiger partial charge in [0.25, 0.3) is 0 Å². The molecule has 0 saturated carbocycles. The fraction of sp³-hybridized carbons (Fsp3) is 1.00. The molecule has 1 unspecified atom stereocenters. The standard InChI is InChI=1S/C25H54N/c1-6-8-10-11-12-13-14-15-16-17-18-19-20-21-23-26(4,5)24-25(3)22-9-7-2/h25H,6-24H2,1-5H3/q+1. The normalized spacial score (nSPS) is 13.3. The van der Waals surface area contributed by atoms with Crippen LogP contribution in [-0.4, -0.2) is 31.7 Å². The molecule has 0 aliphatic heterocycles. The molecule has 0 amide bonds. The Labute approximate surface area is 167 Å². The molecular formula is C25H54N+. The summed E-state index contributed by atoms with van der Waals surface area (Å²) in [5.41, 5.74) is 0. The first-order valence-electron chi connectivity index (χ1n) is 12.3. The van der Waals surface area contributed by atoms with E-state index in [0.717, 1.165) is 5.92 Å². The van der Waals surface area contributed by atoms with E-state index in [1.54, 1.807) is 0 Å². The van der Waals surface area contributed by atoms with Crippen LogP contribution in [-0.2, 0) is 0 Å². The molecule has 0 radical (unpaired) electrons. The maximum atomic E-state index is 2.45. The third-order valence-corrected chi connectivity index (χ3v) is 5.97. The van der Waals surface area contributed by atoms with Gasteiger partial charge >= 0.3 is 0 Å². The lowest BCUT2D eigenvalue weighted by Crippen LogP contribution is -2.43. The molecule has 1 heteroatoms. The van der Waals surface area contributed by atoms with Gasteiger partial charge in [0, 0.05) is 5.92 Å². The molecular weight excluding hydrogens is 314 g/mol. The largest absolute Gasteiger partial charge is 0.328 e. The summed E-state index contributed by atoms with van der Waals surface area (Å²) in [7, 11) is 4.87. The highest BCUT2D eigenvalue weighted by atomic mass is 15.3. The molecule has 0 saturated heterocycles. The zero-order valence-electron chi connectivity index (χ0n) is 19.5. The predicted octanol–water partition coefficient (Wildman–Crippen LogP) is 8.37. The van der Waals surface area contributed by atoms with E-state index >= 15 is 0 Å². The number of hydrogen-bond acceptors (Lipinski definition) is 0. The summed E-state index contributed by atoms with van der Waals surface area (Å²) in [6.07, 6.45) is 24.6. The summed E-state index contributed by atoms with van der Waals surface area (Å²) in [5, 5.41) is 0. The van der Waals surface area contributed by atoms with Gasteiger partial charge in [-0.05, 0) is 19.3 Å². The van der Waals surface area contributed by atoms with E-state index < -0.39 is 0 Å². The molecule has 0 rings (SSSR count). The first-order valence-corrected chi connectivity index (χ1v) is 12.3. The molecule has 0 spiro atoms. The zero-order valence-corrected chi connectivity index (χ0v) is 19.5. The Hall–Kier alpha value is -0.0400. The van der Waals surface area contributed by atoms with E-state index in [2.05, 4.69) is 34.9 Å². The van der Waals surface area contributed by atoms with E-state index in [9.17, 15) is 0 Å². The van der Waals surface area contributed by atoms with Crippen LogP contribution in [0.4, 0.5) is 0 Å². The van der Waals surface area contributed by atoms with Gasteiger partial charge in [-0.15, -0.1) is 0 Å². The summed E-state index contributed by atoms with van der Waals surface area (Å²) in [5.74, 6) is 0.886. The Morgan fingerprint density at radius 2 is 0.923 bits per heavy atom.